The van der Waals surface area contributed by atoms with Crippen molar-refractivity contribution in [3.8, 4) is 5.75 Å². The van der Waals surface area contributed by atoms with Gasteiger partial charge < -0.3 is 23.9 Å². The zero-order valence-corrected chi connectivity index (χ0v) is 22.0. The maximum atomic E-state index is 13.3. The Balaban J connectivity index is 1.72. The first-order valence-corrected chi connectivity index (χ1v) is 12.8. The standard InChI is InChI=1S/C29H35N3O5/c1-5-6-7-8-17-37-22-13-11-21(12-14-22)25-23(27(34)29(35)32(25)16-18-36-4)26(33)24-20(3)31-15-9-10-19(2)28(31)30-24/h9-15,25,33H,5-8,16-18H2,1-4H3/b26-23+. The minimum Gasteiger partial charge on any atom is -0.505 e. The summed E-state index contributed by atoms with van der Waals surface area (Å²) in [6.07, 6.45) is 6.34. The monoisotopic (exact) mass is 505 g/mol. The molecule has 0 spiro atoms. The van der Waals surface area contributed by atoms with Crippen LogP contribution in [0.4, 0.5) is 0 Å². The number of pyridine rings is 1. The molecule has 1 aromatic carbocycles. The molecule has 1 N–H and O–H groups in total. The fourth-order valence-electron chi connectivity index (χ4n) is 4.79. The van der Waals surface area contributed by atoms with Crippen molar-refractivity contribution in [3.05, 3.63) is 70.7 Å². The topological polar surface area (TPSA) is 93.4 Å². The number of aliphatic hydroxyl groups is 1. The van der Waals surface area contributed by atoms with Gasteiger partial charge in [0.15, 0.2) is 5.76 Å². The van der Waals surface area contributed by atoms with Crippen molar-refractivity contribution in [1.82, 2.24) is 14.3 Å². The van der Waals surface area contributed by atoms with Crippen molar-refractivity contribution >= 4 is 23.1 Å². The number of hydrogen-bond donors (Lipinski definition) is 1. The highest BCUT2D eigenvalue weighted by atomic mass is 16.5. The molecule has 0 radical (unpaired) electrons. The van der Waals surface area contributed by atoms with Crippen molar-refractivity contribution in [1.29, 1.82) is 0 Å². The van der Waals surface area contributed by atoms with E-state index in [4.69, 9.17) is 9.47 Å². The third-order valence-electron chi connectivity index (χ3n) is 6.85. The van der Waals surface area contributed by atoms with Crippen LogP contribution < -0.4 is 4.74 Å². The molecule has 0 bridgehead atoms. The lowest BCUT2D eigenvalue weighted by Gasteiger charge is -2.25. The minimum absolute atomic E-state index is 0.0264. The number of likely N-dealkylation sites (tertiary alicyclic amines) is 1. The summed E-state index contributed by atoms with van der Waals surface area (Å²) in [7, 11) is 1.54. The Kier molecular flexibility index (Phi) is 8.28. The van der Waals surface area contributed by atoms with Gasteiger partial charge in [-0.3, -0.25) is 9.59 Å². The van der Waals surface area contributed by atoms with Gasteiger partial charge in [0.2, 0.25) is 0 Å². The molecule has 1 aliphatic rings. The van der Waals surface area contributed by atoms with E-state index in [1.54, 1.807) is 7.11 Å². The number of imidazole rings is 1. The van der Waals surface area contributed by atoms with Crippen molar-refractivity contribution in [2.24, 2.45) is 0 Å². The lowest BCUT2D eigenvalue weighted by Crippen LogP contribution is -2.32. The van der Waals surface area contributed by atoms with Crippen LogP contribution in [-0.4, -0.2) is 57.9 Å². The predicted octanol–water partition coefficient (Wildman–Crippen LogP) is 4.98. The number of ether oxygens (including phenoxy) is 2. The molecule has 2 aromatic heterocycles. The Hall–Kier alpha value is -3.65. The van der Waals surface area contributed by atoms with Crippen LogP contribution in [0.3, 0.4) is 0 Å². The van der Waals surface area contributed by atoms with Crippen LogP contribution in [0.1, 0.15) is 61.2 Å². The van der Waals surface area contributed by atoms with Crippen LogP contribution in [-0.2, 0) is 14.3 Å². The van der Waals surface area contributed by atoms with Crippen LogP contribution in [0.15, 0.2) is 48.2 Å². The first-order valence-electron chi connectivity index (χ1n) is 12.8. The number of amides is 1. The number of ketones is 1. The fourth-order valence-corrected chi connectivity index (χ4v) is 4.79. The Morgan fingerprint density at radius 1 is 1.05 bits per heavy atom. The summed E-state index contributed by atoms with van der Waals surface area (Å²) in [5.74, 6) is -0.957. The highest BCUT2D eigenvalue weighted by Gasteiger charge is 2.46. The Morgan fingerprint density at radius 2 is 1.81 bits per heavy atom. The van der Waals surface area contributed by atoms with Gasteiger partial charge in [-0.25, -0.2) is 4.98 Å². The zero-order valence-electron chi connectivity index (χ0n) is 22.0. The summed E-state index contributed by atoms with van der Waals surface area (Å²) < 4.78 is 12.9. The number of unbranched alkanes of at least 4 members (excludes halogenated alkanes) is 3. The average Bonchev–Trinajstić information content (AvgIpc) is 3.37. The molecule has 1 amide bonds. The maximum Gasteiger partial charge on any atom is 0.295 e. The second kappa shape index (κ2) is 11.6. The summed E-state index contributed by atoms with van der Waals surface area (Å²) in [5, 5.41) is 11.4. The van der Waals surface area contributed by atoms with Gasteiger partial charge in [-0.15, -0.1) is 0 Å². The van der Waals surface area contributed by atoms with Gasteiger partial charge in [-0.2, -0.15) is 0 Å². The molecular formula is C29H35N3O5. The van der Waals surface area contributed by atoms with Crippen molar-refractivity contribution in [2.45, 2.75) is 52.5 Å². The number of carbonyl (C=O) groups is 2. The smallest absolute Gasteiger partial charge is 0.295 e. The van der Waals surface area contributed by atoms with E-state index in [0.717, 1.165) is 24.2 Å². The molecule has 0 aliphatic carbocycles. The third-order valence-corrected chi connectivity index (χ3v) is 6.85. The number of hydrogen-bond acceptors (Lipinski definition) is 6. The predicted molar refractivity (Wildman–Crippen MR) is 142 cm³/mol. The molecule has 1 unspecified atom stereocenters. The molecule has 1 aliphatic heterocycles. The number of aromatic nitrogens is 2. The number of carbonyl (C=O) groups excluding carboxylic acids is 2. The SMILES string of the molecule is CCCCCCOc1ccc(C2/C(=C(\O)c3nc4c(C)cccn4c3C)C(=O)C(=O)N2CCOC)cc1. The average molecular weight is 506 g/mol. The number of aryl methyl sites for hydroxylation is 2. The highest BCUT2D eigenvalue weighted by molar-refractivity contribution is 6.46. The molecule has 3 aromatic rings. The number of Topliss-reactive ketones (excluding diaryl/α,β-unsaturated/α-hetero) is 1. The molecule has 1 fully saturated rings. The molecule has 1 saturated heterocycles. The molecular weight excluding hydrogens is 470 g/mol. The second-order valence-electron chi connectivity index (χ2n) is 9.39. The quantitative estimate of drug-likeness (QED) is 0.171. The van der Waals surface area contributed by atoms with Gasteiger partial charge in [0.1, 0.15) is 17.1 Å². The van der Waals surface area contributed by atoms with Crippen LogP contribution >= 0.6 is 0 Å². The highest BCUT2D eigenvalue weighted by Crippen LogP contribution is 2.40. The largest absolute Gasteiger partial charge is 0.505 e. The zero-order chi connectivity index (χ0) is 26.5. The number of fused-ring (bicyclic) bond motifs is 1. The first-order chi connectivity index (χ1) is 17.9. The van der Waals surface area contributed by atoms with Crippen molar-refractivity contribution in [2.75, 3.05) is 26.9 Å². The first kappa shape index (κ1) is 26.4. The van der Waals surface area contributed by atoms with Crippen molar-refractivity contribution < 1.29 is 24.2 Å². The van der Waals surface area contributed by atoms with Gasteiger partial charge in [-0.1, -0.05) is 44.4 Å². The van der Waals surface area contributed by atoms with E-state index in [1.165, 1.54) is 17.7 Å². The maximum absolute atomic E-state index is 13.3. The molecule has 8 nitrogen and oxygen atoms in total. The number of nitrogens with zero attached hydrogens (tertiary/aromatic N) is 3. The van der Waals surface area contributed by atoms with Crippen LogP contribution in [0.2, 0.25) is 0 Å². The summed E-state index contributed by atoms with van der Waals surface area (Å²) in [4.78, 5) is 32.4. The fraction of sp³-hybridized carbons (Fsp3) is 0.414. The van der Waals surface area contributed by atoms with Crippen LogP contribution in [0.5, 0.6) is 5.75 Å². The molecule has 8 heteroatoms. The van der Waals surface area contributed by atoms with E-state index in [1.807, 2.05) is 60.8 Å². The number of aliphatic hydroxyl groups excluding tert-OH is 1. The molecule has 37 heavy (non-hydrogen) atoms. The number of benzene rings is 1. The normalized spacial score (nSPS) is 17.2. The summed E-state index contributed by atoms with van der Waals surface area (Å²) in [6, 6.07) is 10.4. The van der Waals surface area contributed by atoms with E-state index < -0.39 is 17.7 Å². The number of methoxy groups -OCH3 is 1. The van der Waals surface area contributed by atoms with Gasteiger partial charge in [-0.05, 0) is 49.6 Å². The van der Waals surface area contributed by atoms with Crippen LogP contribution in [0.25, 0.3) is 11.4 Å². The van der Waals surface area contributed by atoms with Gasteiger partial charge in [0, 0.05) is 19.9 Å². The Bertz CT molecular complexity index is 1310. The van der Waals surface area contributed by atoms with Gasteiger partial charge in [0.05, 0.1) is 30.5 Å². The molecule has 196 valence electrons. The van der Waals surface area contributed by atoms with Crippen molar-refractivity contribution in [3.63, 3.8) is 0 Å². The van der Waals surface area contributed by atoms with E-state index in [-0.39, 0.29) is 30.2 Å². The Labute approximate surface area is 217 Å². The third kappa shape index (κ3) is 5.25. The molecule has 3 heterocycles. The van der Waals surface area contributed by atoms with Crippen LogP contribution in [0, 0.1) is 13.8 Å². The molecule has 1 atom stereocenters. The summed E-state index contributed by atoms with van der Waals surface area (Å²) >= 11 is 0. The number of rotatable bonds is 11. The molecule has 4 rings (SSSR count). The van der Waals surface area contributed by atoms with E-state index >= 15 is 0 Å². The van der Waals surface area contributed by atoms with Gasteiger partial charge >= 0.3 is 0 Å². The van der Waals surface area contributed by atoms with E-state index in [0.29, 0.717) is 23.5 Å². The second-order valence-corrected chi connectivity index (χ2v) is 9.39. The minimum atomic E-state index is -0.765. The lowest BCUT2D eigenvalue weighted by atomic mass is 9.96. The molecule has 0 saturated carbocycles. The van der Waals surface area contributed by atoms with E-state index in [2.05, 4.69) is 11.9 Å². The van der Waals surface area contributed by atoms with E-state index in [9.17, 15) is 14.7 Å². The van der Waals surface area contributed by atoms with Gasteiger partial charge in [0.25, 0.3) is 11.7 Å². The lowest BCUT2D eigenvalue weighted by molar-refractivity contribution is -0.140. The Morgan fingerprint density at radius 3 is 2.49 bits per heavy atom. The summed E-state index contributed by atoms with van der Waals surface area (Å²) in [5.41, 5.74) is 3.33. The summed E-state index contributed by atoms with van der Waals surface area (Å²) in [6.45, 7) is 7.04.